The summed E-state index contributed by atoms with van der Waals surface area (Å²) in [5.74, 6) is 0.201. The zero-order valence-electron chi connectivity index (χ0n) is 12.2. The van der Waals surface area contributed by atoms with Crippen molar-refractivity contribution in [2.75, 3.05) is 17.7 Å². The van der Waals surface area contributed by atoms with E-state index in [1.165, 1.54) is 0 Å². The molecular formula is C15H22N2O3S. The highest BCUT2D eigenvalue weighted by Gasteiger charge is 2.25. The molecule has 1 aliphatic heterocycles. The highest BCUT2D eigenvalue weighted by Crippen LogP contribution is 2.15. The zero-order chi connectivity index (χ0) is 15.2. The Hall–Kier alpha value is -1.24. The number of carbonyl (C=O) groups is 1. The van der Waals surface area contributed by atoms with Crippen LogP contribution in [0.3, 0.4) is 0 Å². The quantitative estimate of drug-likeness (QED) is 0.832. The standard InChI is InChI=1S/C15H22N2O3S/c1-11(21(19)10-14-3-2-8-20-14)15(18)17-13-6-4-12(9-16)5-7-13/h4-7,11,14H,2-3,8-10,16H2,1H3,(H,17,18). The molecule has 0 saturated carbocycles. The second-order valence-corrected chi connectivity index (χ2v) is 7.02. The summed E-state index contributed by atoms with van der Waals surface area (Å²) in [6.45, 7) is 2.89. The highest BCUT2D eigenvalue weighted by atomic mass is 32.2. The first-order valence-corrected chi connectivity index (χ1v) is 8.57. The molecule has 116 valence electrons. The van der Waals surface area contributed by atoms with Crippen molar-refractivity contribution in [1.82, 2.24) is 0 Å². The maximum Gasteiger partial charge on any atom is 0.239 e. The van der Waals surface area contributed by atoms with Crippen molar-refractivity contribution < 1.29 is 13.7 Å². The Morgan fingerprint density at radius 2 is 2.19 bits per heavy atom. The number of nitrogens with one attached hydrogen (secondary N) is 1. The Labute approximate surface area is 127 Å². The van der Waals surface area contributed by atoms with E-state index in [1.807, 2.05) is 12.1 Å². The lowest BCUT2D eigenvalue weighted by Crippen LogP contribution is -2.33. The van der Waals surface area contributed by atoms with Crippen LogP contribution in [0.2, 0.25) is 0 Å². The minimum Gasteiger partial charge on any atom is -0.377 e. The smallest absolute Gasteiger partial charge is 0.239 e. The summed E-state index contributed by atoms with van der Waals surface area (Å²) in [7, 11) is -1.22. The summed E-state index contributed by atoms with van der Waals surface area (Å²) in [6.07, 6.45) is 1.97. The van der Waals surface area contributed by atoms with E-state index < -0.39 is 16.0 Å². The fourth-order valence-electron chi connectivity index (χ4n) is 2.19. The number of benzene rings is 1. The van der Waals surface area contributed by atoms with Gasteiger partial charge in [-0.1, -0.05) is 12.1 Å². The first-order chi connectivity index (χ1) is 10.1. The molecule has 0 aliphatic carbocycles. The monoisotopic (exact) mass is 310 g/mol. The van der Waals surface area contributed by atoms with Gasteiger partial charge in [-0.25, -0.2) is 0 Å². The van der Waals surface area contributed by atoms with Gasteiger partial charge < -0.3 is 15.8 Å². The average molecular weight is 310 g/mol. The SMILES string of the molecule is CC(C(=O)Nc1ccc(CN)cc1)S(=O)CC1CCCO1. The molecule has 0 radical (unpaired) electrons. The van der Waals surface area contributed by atoms with Gasteiger partial charge in [-0.3, -0.25) is 9.00 Å². The van der Waals surface area contributed by atoms with E-state index in [0.29, 0.717) is 18.0 Å². The number of amides is 1. The van der Waals surface area contributed by atoms with Crippen LogP contribution in [-0.2, 0) is 26.9 Å². The molecule has 0 bridgehead atoms. The predicted molar refractivity (Wildman–Crippen MR) is 84.4 cm³/mol. The van der Waals surface area contributed by atoms with E-state index in [0.717, 1.165) is 25.0 Å². The number of carbonyl (C=O) groups excluding carboxylic acids is 1. The van der Waals surface area contributed by atoms with Crippen LogP contribution in [0, 0.1) is 0 Å². The van der Waals surface area contributed by atoms with Gasteiger partial charge in [-0.2, -0.15) is 0 Å². The third kappa shape index (κ3) is 4.62. The summed E-state index contributed by atoms with van der Waals surface area (Å²) >= 11 is 0. The van der Waals surface area contributed by atoms with Gasteiger partial charge in [0.05, 0.1) is 11.9 Å². The normalized spacial score (nSPS) is 21.0. The van der Waals surface area contributed by atoms with Crippen LogP contribution in [0.5, 0.6) is 0 Å². The lowest BCUT2D eigenvalue weighted by molar-refractivity contribution is -0.115. The maximum atomic E-state index is 12.2. The van der Waals surface area contributed by atoms with Crippen molar-refractivity contribution >= 4 is 22.4 Å². The predicted octanol–water partition coefficient (Wildman–Crippen LogP) is 1.40. The van der Waals surface area contributed by atoms with Crippen LogP contribution in [-0.4, -0.2) is 33.8 Å². The lowest BCUT2D eigenvalue weighted by atomic mass is 10.2. The van der Waals surface area contributed by atoms with Crippen LogP contribution in [0.4, 0.5) is 5.69 Å². The summed E-state index contributed by atoms with van der Waals surface area (Å²) in [5, 5.41) is 2.23. The molecule has 6 heteroatoms. The molecule has 3 unspecified atom stereocenters. The largest absolute Gasteiger partial charge is 0.377 e. The van der Waals surface area contributed by atoms with Crippen molar-refractivity contribution in [2.24, 2.45) is 5.73 Å². The number of nitrogens with two attached hydrogens (primary N) is 1. The number of hydrogen-bond donors (Lipinski definition) is 2. The second-order valence-electron chi connectivity index (χ2n) is 5.21. The third-order valence-electron chi connectivity index (χ3n) is 3.59. The van der Waals surface area contributed by atoms with E-state index in [-0.39, 0.29) is 12.0 Å². The molecule has 5 nitrogen and oxygen atoms in total. The van der Waals surface area contributed by atoms with Crippen molar-refractivity contribution in [1.29, 1.82) is 0 Å². The molecule has 0 spiro atoms. The molecule has 0 aromatic heterocycles. The lowest BCUT2D eigenvalue weighted by Gasteiger charge is -2.15. The first kappa shape index (κ1) is 16.1. The molecule has 3 N–H and O–H groups in total. The van der Waals surface area contributed by atoms with Crippen LogP contribution in [0.25, 0.3) is 0 Å². The Morgan fingerprint density at radius 1 is 1.48 bits per heavy atom. The van der Waals surface area contributed by atoms with Gasteiger partial charge in [0.25, 0.3) is 0 Å². The van der Waals surface area contributed by atoms with Crippen molar-refractivity contribution in [3.8, 4) is 0 Å². The number of anilines is 1. The highest BCUT2D eigenvalue weighted by molar-refractivity contribution is 7.86. The van der Waals surface area contributed by atoms with Crippen molar-refractivity contribution in [3.63, 3.8) is 0 Å². The van der Waals surface area contributed by atoms with Crippen LogP contribution >= 0.6 is 0 Å². The molecule has 1 saturated heterocycles. The van der Waals surface area contributed by atoms with E-state index in [2.05, 4.69) is 5.32 Å². The van der Waals surface area contributed by atoms with Crippen molar-refractivity contribution in [2.45, 2.75) is 37.7 Å². The Bertz CT molecular complexity index is 498. The molecule has 1 heterocycles. The summed E-state index contributed by atoms with van der Waals surface area (Å²) < 4.78 is 17.6. The van der Waals surface area contributed by atoms with Gasteiger partial charge >= 0.3 is 0 Å². The van der Waals surface area contributed by atoms with Gasteiger partial charge in [-0.05, 0) is 37.5 Å². The molecular weight excluding hydrogens is 288 g/mol. The maximum absolute atomic E-state index is 12.2. The minimum absolute atomic E-state index is 0.0323. The summed E-state index contributed by atoms with van der Waals surface area (Å²) in [4.78, 5) is 12.1. The summed E-state index contributed by atoms with van der Waals surface area (Å²) in [5.41, 5.74) is 7.22. The van der Waals surface area contributed by atoms with E-state index in [1.54, 1.807) is 19.1 Å². The van der Waals surface area contributed by atoms with Crippen LogP contribution in [0.15, 0.2) is 24.3 Å². The Morgan fingerprint density at radius 3 is 2.76 bits per heavy atom. The Kier molecular flexibility index (Phi) is 5.90. The number of hydrogen-bond acceptors (Lipinski definition) is 4. The van der Waals surface area contributed by atoms with Gasteiger partial charge in [0, 0.05) is 29.6 Å². The minimum atomic E-state index is -1.22. The Balaban J connectivity index is 1.87. The van der Waals surface area contributed by atoms with Crippen LogP contribution < -0.4 is 11.1 Å². The van der Waals surface area contributed by atoms with E-state index in [4.69, 9.17) is 10.5 Å². The zero-order valence-corrected chi connectivity index (χ0v) is 13.0. The molecule has 1 aromatic rings. The van der Waals surface area contributed by atoms with Gasteiger partial charge in [0.1, 0.15) is 5.25 Å². The molecule has 2 rings (SSSR count). The average Bonchev–Trinajstić information content (AvgIpc) is 3.00. The first-order valence-electron chi connectivity index (χ1n) is 7.19. The molecule has 21 heavy (non-hydrogen) atoms. The molecule has 1 aromatic carbocycles. The third-order valence-corrected chi connectivity index (χ3v) is 5.30. The topological polar surface area (TPSA) is 81.4 Å². The van der Waals surface area contributed by atoms with Gasteiger partial charge in [0.15, 0.2) is 0 Å². The fraction of sp³-hybridized carbons (Fsp3) is 0.533. The van der Waals surface area contributed by atoms with Crippen LogP contribution in [0.1, 0.15) is 25.3 Å². The van der Waals surface area contributed by atoms with Crippen molar-refractivity contribution in [3.05, 3.63) is 29.8 Å². The second kappa shape index (κ2) is 7.68. The molecule has 1 fully saturated rings. The summed E-state index contributed by atoms with van der Waals surface area (Å²) in [6, 6.07) is 7.33. The van der Waals surface area contributed by atoms with E-state index in [9.17, 15) is 9.00 Å². The van der Waals surface area contributed by atoms with Gasteiger partial charge in [-0.15, -0.1) is 0 Å². The number of rotatable bonds is 6. The fourth-order valence-corrected chi connectivity index (χ4v) is 3.41. The number of ether oxygens (including phenoxy) is 1. The van der Waals surface area contributed by atoms with E-state index >= 15 is 0 Å². The molecule has 1 amide bonds. The van der Waals surface area contributed by atoms with Gasteiger partial charge in [0.2, 0.25) is 5.91 Å². The molecule has 3 atom stereocenters. The molecule has 1 aliphatic rings.